The lowest BCUT2D eigenvalue weighted by Crippen LogP contribution is -2.58. The number of nitrogens with zero attached hydrogens (tertiary/aromatic N) is 5. The lowest BCUT2D eigenvalue weighted by Gasteiger charge is -2.45. The summed E-state index contributed by atoms with van der Waals surface area (Å²) in [5, 5.41) is 0.974. The Morgan fingerprint density at radius 3 is 2.54 bits per heavy atom. The fourth-order valence-corrected chi connectivity index (χ4v) is 6.51. The van der Waals surface area contributed by atoms with E-state index in [0.717, 1.165) is 78.4 Å². The molecule has 10 heteroatoms. The molecule has 0 bridgehead atoms. The number of anilines is 3. The fourth-order valence-electron chi connectivity index (χ4n) is 5.96. The van der Waals surface area contributed by atoms with Crippen molar-refractivity contribution in [3.05, 3.63) is 42.2 Å². The number of hydrogen-bond donors (Lipinski definition) is 1. The Morgan fingerprint density at radius 1 is 1.14 bits per heavy atom. The largest absolute Gasteiger partial charge is 0.352 e. The van der Waals surface area contributed by atoms with Crippen LogP contribution in [0.4, 0.5) is 17.2 Å². The predicted molar refractivity (Wildman–Crippen MR) is 147 cm³/mol. The van der Waals surface area contributed by atoms with E-state index in [1.54, 1.807) is 11.1 Å². The van der Waals surface area contributed by atoms with E-state index >= 15 is 0 Å². The lowest BCUT2D eigenvalue weighted by atomic mass is 9.64. The number of hydrogen-bond acceptors (Lipinski definition) is 7. The van der Waals surface area contributed by atoms with E-state index in [4.69, 9.17) is 4.98 Å². The van der Waals surface area contributed by atoms with Crippen LogP contribution in [0.25, 0.3) is 22.0 Å². The van der Waals surface area contributed by atoms with Gasteiger partial charge in [-0.05, 0) is 50.2 Å². The first-order chi connectivity index (χ1) is 17.6. The third kappa shape index (κ3) is 3.76. The van der Waals surface area contributed by atoms with Crippen LogP contribution in [0.3, 0.4) is 0 Å². The first-order valence-corrected chi connectivity index (χ1v) is 14.7. The molecule has 2 aromatic heterocycles. The van der Waals surface area contributed by atoms with Crippen molar-refractivity contribution in [1.29, 1.82) is 0 Å². The standard InChI is InChI=1S/C27H32N6O3S/c1-5-31(2)19-15-33(16-19)25-22(30-37(4,35)36)12-18(13-29-25)17-7-8-21-20(11-17)24-23(14-28-21)32(3)26(34)27(24)9-6-10-27/h7-8,11-14,19,30H,5-6,9-10,15-16H2,1-4H3. The SMILES string of the molecule is CCN(C)C1CN(c2ncc(-c3ccc4ncc5c(c4c3)C3(CCC3)C(=O)N5C)cc2NS(C)(=O)=O)C1. The van der Waals surface area contributed by atoms with Crippen LogP contribution < -0.4 is 14.5 Å². The maximum absolute atomic E-state index is 13.2. The monoisotopic (exact) mass is 520 g/mol. The second kappa shape index (κ2) is 8.39. The number of amides is 1. The molecule has 3 aliphatic rings. The van der Waals surface area contributed by atoms with E-state index in [0.29, 0.717) is 17.5 Å². The van der Waals surface area contributed by atoms with Gasteiger partial charge in [-0.15, -0.1) is 0 Å². The van der Waals surface area contributed by atoms with Crippen LogP contribution in [0.5, 0.6) is 0 Å². The highest BCUT2D eigenvalue weighted by atomic mass is 32.2. The van der Waals surface area contributed by atoms with Crippen LogP contribution in [-0.4, -0.2) is 75.2 Å². The molecular weight excluding hydrogens is 488 g/mol. The molecule has 0 atom stereocenters. The molecule has 6 rings (SSSR count). The number of rotatable bonds is 6. The van der Waals surface area contributed by atoms with Crippen LogP contribution in [-0.2, 0) is 20.2 Å². The average Bonchev–Trinajstić information content (AvgIpc) is 3.05. The van der Waals surface area contributed by atoms with Gasteiger partial charge in [-0.25, -0.2) is 13.4 Å². The highest BCUT2D eigenvalue weighted by Crippen LogP contribution is 2.55. The normalized spacial score (nSPS) is 18.9. The highest BCUT2D eigenvalue weighted by molar-refractivity contribution is 7.92. The molecule has 1 spiro atoms. The molecule has 1 saturated heterocycles. The zero-order valence-electron chi connectivity index (χ0n) is 21.7. The number of carbonyl (C=O) groups is 1. The Balaban J connectivity index is 1.42. The number of sulfonamides is 1. The van der Waals surface area contributed by atoms with Crippen molar-refractivity contribution < 1.29 is 13.2 Å². The van der Waals surface area contributed by atoms with Crippen LogP contribution in [0.1, 0.15) is 31.7 Å². The average molecular weight is 521 g/mol. The minimum Gasteiger partial charge on any atom is -0.352 e. The minimum atomic E-state index is -3.50. The smallest absolute Gasteiger partial charge is 0.237 e. The molecule has 1 N–H and O–H groups in total. The van der Waals surface area contributed by atoms with E-state index in [-0.39, 0.29) is 5.91 Å². The second-order valence-electron chi connectivity index (χ2n) is 10.7. The maximum atomic E-state index is 13.2. The first kappa shape index (κ1) is 24.1. The highest BCUT2D eigenvalue weighted by Gasteiger charge is 2.54. The Hall–Kier alpha value is -3.24. The summed E-state index contributed by atoms with van der Waals surface area (Å²) < 4.78 is 27.1. The second-order valence-corrected chi connectivity index (χ2v) is 12.4. The summed E-state index contributed by atoms with van der Waals surface area (Å²) in [5.41, 5.74) is 4.53. The molecule has 1 amide bonds. The summed E-state index contributed by atoms with van der Waals surface area (Å²) in [6.45, 7) is 4.68. The molecule has 4 heterocycles. The molecule has 0 radical (unpaired) electrons. The molecule has 1 saturated carbocycles. The van der Waals surface area contributed by atoms with E-state index in [1.807, 2.05) is 31.4 Å². The molecule has 194 valence electrons. The molecule has 2 fully saturated rings. The van der Waals surface area contributed by atoms with Gasteiger partial charge in [-0.1, -0.05) is 19.4 Å². The molecule has 9 nitrogen and oxygen atoms in total. The molecule has 0 unspecified atom stereocenters. The summed E-state index contributed by atoms with van der Waals surface area (Å²) in [6.07, 6.45) is 7.52. The van der Waals surface area contributed by atoms with Crippen LogP contribution in [0.2, 0.25) is 0 Å². The fraction of sp³-hybridized carbons (Fsp3) is 0.444. The number of fused-ring (bicyclic) bond motifs is 4. The number of nitrogens with one attached hydrogen (secondary N) is 1. The first-order valence-electron chi connectivity index (χ1n) is 12.8. The zero-order chi connectivity index (χ0) is 26.1. The summed E-state index contributed by atoms with van der Waals surface area (Å²) in [6, 6.07) is 8.30. The molecule has 37 heavy (non-hydrogen) atoms. The number of benzene rings is 1. The number of carbonyl (C=O) groups excluding carboxylic acids is 1. The van der Waals surface area contributed by atoms with Gasteiger partial charge in [-0.2, -0.15) is 0 Å². The summed E-state index contributed by atoms with van der Waals surface area (Å²) >= 11 is 0. The third-order valence-corrected chi connectivity index (χ3v) is 8.98. The van der Waals surface area contributed by atoms with Gasteiger partial charge >= 0.3 is 0 Å². The van der Waals surface area contributed by atoms with Gasteiger partial charge in [0.05, 0.1) is 34.8 Å². The number of likely N-dealkylation sites (N-methyl/N-ethyl adjacent to an activating group) is 2. The van der Waals surface area contributed by atoms with Crippen molar-refractivity contribution in [2.75, 3.05) is 54.5 Å². The Labute approximate surface area is 217 Å². The van der Waals surface area contributed by atoms with Gasteiger partial charge in [0.15, 0.2) is 5.82 Å². The third-order valence-electron chi connectivity index (χ3n) is 8.39. The van der Waals surface area contributed by atoms with Gasteiger partial charge in [0.2, 0.25) is 15.9 Å². The maximum Gasteiger partial charge on any atom is 0.237 e. The van der Waals surface area contributed by atoms with Crippen molar-refractivity contribution in [2.45, 2.75) is 37.6 Å². The van der Waals surface area contributed by atoms with E-state index in [9.17, 15) is 13.2 Å². The molecule has 3 aromatic rings. The van der Waals surface area contributed by atoms with Crippen molar-refractivity contribution >= 4 is 44.0 Å². The summed E-state index contributed by atoms with van der Waals surface area (Å²) in [4.78, 5) is 28.7. The zero-order valence-corrected chi connectivity index (χ0v) is 22.5. The number of aromatic nitrogens is 2. The Morgan fingerprint density at radius 2 is 1.89 bits per heavy atom. The molecule has 2 aliphatic heterocycles. The molecule has 1 aromatic carbocycles. The van der Waals surface area contributed by atoms with Gasteiger partial charge in [0.1, 0.15) is 0 Å². The lowest BCUT2D eigenvalue weighted by molar-refractivity contribution is -0.125. The van der Waals surface area contributed by atoms with Crippen molar-refractivity contribution in [2.24, 2.45) is 0 Å². The Bertz CT molecular complexity index is 1530. The number of pyridine rings is 2. The van der Waals surface area contributed by atoms with Crippen LogP contribution in [0.15, 0.2) is 36.7 Å². The van der Waals surface area contributed by atoms with Gasteiger partial charge < -0.3 is 14.7 Å². The topological polar surface area (TPSA) is 98.7 Å². The van der Waals surface area contributed by atoms with E-state index in [2.05, 4.69) is 39.5 Å². The molecule has 1 aliphatic carbocycles. The summed E-state index contributed by atoms with van der Waals surface area (Å²) in [5.74, 6) is 0.791. The van der Waals surface area contributed by atoms with Crippen molar-refractivity contribution in [1.82, 2.24) is 14.9 Å². The van der Waals surface area contributed by atoms with E-state index < -0.39 is 15.4 Å². The minimum absolute atomic E-state index is 0.153. The summed E-state index contributed by atoms with van der Waals surface area (Å²) in [7, 11) is 0.428. The van der Waals surface area contributed by atoms with Crippen molar-refractivity contribution in [3.63, 3.8) is 0 Å². The van der Waals surface area contributed by atoms with Crippen molar-refractivity contribution in [3.8, 4) is 11.1 Å². The van der Waals surface area contributed by atoms with Gasteiger partial charge in [-0.3, -0.25) is 14.5 Å². The van der Waals surface area contributed by atoms with Crippen LogP contribution in [0, 0.1) is 0 Å². The van der Waals surface area contributed by atoms with Crippen LogP contribution >= 0.6 is 0 Å². The van der Waals surface area contributed by atoms with Gasteiger partial charge in [0, 0.05) is 48.9 Å². The Kier molecular flexibility index (Phi) is 5.47. The molecular formula is C27H32N6O3S. The predicted octanol–water partition coefficient (Wildman–Crippen LogP) is 3.21. The quantitative estimate of drug-likeness (QED) is 0.533. The van der Waals surface area contributed by atoms with E-state index in [1.165, 1.54) is 0 Å². The van der Waals surface area contributed by atoms with Gasteiger partial charge in [0.25, 0.3) is 0 Å².